The lowest BCUT2D eigenvalue weighted by molar-refractivity contribution is 0.0398. The number of carbonyl (C=O) groups is 1. The van der Waals surface area contributed by atoms with Crippen LogP contribution in [0.25, 0.3) is 0 Å². The number of aliphatic hydroxyl groups is 1. The minimum atomic E-state index is -0.711. The Morgan fingerprint density at radius 3 is 2.60 bits per heavy atom. The zero-order chi connectivity index (χ0) is 17.6. The second-order valence-electron chi connectivity index (χ2n) is 6.05. The maximum atomic E-state index is 12.9. The average molecular weight is 344 g/mol. The zero-order valence-corrected chi connectivity index (χ0v) is 13.7. The molecule has 1 heterocycles. The van der Waals surface area contributed by atoms with Gasteiger partial charge in [-0.3, -0.25) is 4.79 Å². The molecule has 0 aliphatic carbocycles. The lowest BCUT2D eigenvalue weighted by Crippen LogP contribution is -2.44. The summed E-state index contributed by atoms with van der Waals surface area (Å²) in [5, 5.41) is 16.3. The van der Waals surface area contributed by atoms with Crippen LogP contribution in [0, 0.1) is 5.82 Å². The molecule has 5 nitrogen and oxygen atoms in total. The van der Waals surface area contributed by atoms with Crippen LogP contribution >= 0.6 is 0 Å². The summed E-state index contributed by atoms with van der Waals surface area (Å²) in [6.07, 6.45) is -1.19. The van der Waals surface area contributed by atoms with E-state index in [9.17, 15) is 14.3 Å². The van der Waals surface area contributed by atoms with Crippen LogP contribution in [0.2, 0.25) is 0 Å². The normalized spacial score (nSPS) is 22.7. The monoisotopic (exact) mass is 344 g/mol. The maximum absolute atomic E-state index is 12.9. The topological polar surface area (TPSA) is 70.6 Å². The molecule has 132 valence electrons. The third-order valence-corrected chi connectivity index (χ3v) is 4.26. The molecule has 0 radical (unpaired) electrons. The van der Waals surface area contributed by atoms with Gasteiger partial charge in [-0.15, -0.1) is 0 Å². The van der Waals surface area contributed by atoms with Crippen molar-refractivity contribution in [3.05, 3.63) is 71.5 Å². The van der Waals surface area contributed by atoms with E-state index in [1.807, 2.05) is 30.3 Å². The highest BCUT2D eigenvalue weighted by molar-refractivity contribution is 5.94. The van der Waals surface area contributed by atoms with Gasteiger partial charge in [0.25, 0.3) is 5.91 Å². The first kappa shape index (κ1) is 17.5. The number of halogens is 1. The van der Waals surface area contributed by atoms with Crippen molar-refractivity contribution in [2.75, 3.05) is 13.2 Å². The summed E-state index contributed by atoms with van der Waals surface area (Å²) < 4.78 is 18.5. The Hall–Kier alpha value is -2.28. The molecule has 0 saturated carbocycles. The van der Waals surface area contributed by atoms with E-state index in [1.165, 1.54) is 24.3 Å². The van der Waals surface area contributed by atoms with Crippen LogP contribution in [-0.2, 0) is 11.3 Å². The molecule has 3 atom stereocenters. The lowest BCUT2D eigenvalue weighted by Gasteiger charge is -2.19. The van der Waals surface area contributed by atoms with Gasteiger partial charge in [-0.05, 0) is 29.8 Å². The molecule has 0 spiro atoms. The molecule has 1 aliphatic heterocycles. The molecule has 1 fully saturated rings. The van der Waals surface area contributed by atoms with Gasteiger partial charge in [0.1, 0.15) is 11.9 Å². The molecule has 2 aromatic carbocycles. The molecule has 3 unspecified atom stereocenters. The van der Waals surface area contributed by atoms with Crippen molar-refractivity contribution >= 4 is 5.91 Å². The van der Waals surface area contributed by atoms with Gasteiger partial charge in [-0.1, -0.05) is 30.3 Å². The molecule has 3 N–H and O–H groups in total. The minimum absolute atomic E-state index is 0.187. The van der Waals surface area contributed by atoms with Gasteiger partial charge in [-0.25, -0.2) is 4.39 Å². The molecule has 1 amide bonds. The van der Waals surface area contributed by atoms with Gasteiger partial charge < -0.3 is 20.5 Å². The smallest absolute Gasteiger partial charge is 0.251 e. The quantitative estimate of drug-likeness (QED) is 0.742. The minimum Gasteiger partial charge on any atom is -0.389 e. The number of rotatable bonds is 6. The predicted molar refractivity (Wildman–Crippen MR) is 91.5 cm³/mol. The number of benzene rings is 2. The van der Waals surface area contributed by atoms with Gasteiger partial charge in [0.15, 0.2) is 0 Å². The van der Waals surface area contributed by atoms with E-state index in [-0.39, 0.29) is 18.5 Å². The van der Waals surface area contributed by atoms with Crippen molar-refractivity contribution in [3.8, 4) is 0 Å². The Labute approximate surface area is 145 Å². The molecule has 3 rings (SSSR count). The first-order valence-corrected chi connectivity index (χ1v) is 8.24. The second-order valence-corrected chi connectivity index (χ2v) is 6.05. The van der Waals surface area contributed by atoms with E-state index >= 15 is 0 Å². The molecule has 1 saturated heterocycles. The highest BCUT2D eigenvalue weighted by Crippen LogP contribution is 2.15. The third-order valence-electron chi connectivity index (χ3n) is 4.26. The van der Waals surface area contributed by atoms with E-state index in [2.05, 4.69) is 10.6 Å². The van der Waals surface area contributed by atoms with Crippen molar-refractivity contribution in [2.24, 2.45) is 0 Å². The molecular formula is C19H21FN2O3. The van der Waals surface area contributed by atoms with E-state index in [4.69, 9.17) is 4.74 Å². The Kier molecular flexibility index (Phi) is 5.75. The van der Waals surface area contributed by atoms with Crippen molar-refractivity contribution in [1.29, 1.82) is 0 Å². The molecule has 6 heteroatoms. The summed E-state index contributed by atoms with van der Waals surface area (Å²) in [6.45, 7) is 1.21. The fraction of sp³-hybridized carbons (Fsp3) is 0.316. The van der Waals surface area contributed by atoms with Gasteiger partial charge in [0, 0.05) is 18.7 Å². The number of carbonyl (C=O) groups excluding carboxylic acids is 1. The van der Waals surface area contributed by atoms with Crippen LogP contribution in [0.4, 0.5) is 4.39 Å². The van der Waals surface area contributed by atoms with Crippen molar-refractivity contribution in [2.45, 2.75) is 24.8 Å². The molecule has 0 bridgehead atoms. The number of hydrogen-bond donors (Lipinski definition) is 3. The summed E-state index contributed by atoms with van der Waals surface area (Å²) in [4.78, 5) is 12.0. The van der Waals surface area contributed by atoms with Gasteiger partial charge >= 0.3 is 0 Å². The summed E-state index contributed by atoms with van der Waals surface area (Å²) in [5.74, 6) is -0.713. The van der Waals surface area contributed by atoms with Crippen LogP contribution < -0.4 is 10.6 Å². The molecule has 1 aliphatic rings. The largest absolute Gasteiger partial charge is 0.389 e. The Bertz CT molecular complexity index is 694. The molecule has 25 heavy (non-hydrogen) atoms. The standard InChI is InChI=1S/C19H21FN2O3/c20-15-8-6-14(7-9-15)19(24)22-11-17-18(23)16(12-25-17)21-10-13-4-2-1-3-5-13/h1-9,16-18,21,23H,10-12H2,(H,22,24). The Morgan fingerprint density at radius 2 is 1.88 bits per heavy atom. The fourth-order valence-corrected chi connectivity index (χ4v) is 2.78. The number of nitrogens with one attached hydrogen (secondary N) is 2. The first-order valence-electron chi connectivity index (χ1n) is 8.24. The third kappa shape index (κ3) is 4.63. The lowest BCUT2D eigenvalue weighted by atomic mass is 10.1. The van der Waals surface area contributed by atoms with E-state index in [0.717, 1.165) is 5.56 Å². The van der Waals surface area contributed by atoms with Crippen LogP contribution in [0.15, 0.2) is 54.6 Å². The summed E-state index contributed by atoms with van der Waals surface area (Å²) in [5.41, 5.74) is 1.50. The highest BCUT2D eigenvalue weighted by atomic mass is 19.1. The number of amides is 1. The van der Waals surface area contributed by atoms with Gasteiger partial charge in [-0.2, -0.15) is 0 Å². The summed E-state index contributed by atoms with van der Waals surface area (Å²) in [7, 11) is 0. The van der Waals surface area contributed by atoms with E-state index in [1.54, 1.807) is 0 Å². The Morgan fingerprint density at radius 1 is 1.16 bits per heavy atom. The number of ether oxygens (including phenoxy) is 1. The SMILES string of the molecule is O=C(NCC1OCC(NCc2ccccc2)C1O)c1ccc(F)cc1. The Balaban J connectivity index is 1.46. The van der Waals surface area contributed by atoms with Crippen LogP contribution in [0.1, 0.15) is 15.9 Å². The van der Waals surface area contributed by atoms with Crippen molar-refractivity contribution in [3.63, 3.8) is 0 Å². The number of hydrogen-bond acceptors (Lipinski definition) is 4. The van der Waals surface area contributed by atoms with Gasteiger partial charge in [0.2, 0.25) is 0 Å². The first-order chi connectivity index (χ1) is 12.1. The van der Waals surface area contributed by atoms with E-state index in [0.29, 0.717) is 18.7 Å². The predicted octanol–water partition coefficient (Wildman–Crippen LogP) is 1.47. The highest BCUT2D eigenvalue weighted by Gasteiger charge is 2.35. The molecular weight excluding hydrogens is 323 g/mol. The summed E-state index contributed by atoms with van der Waals surface area (Å²) >= 11 is 0. The average Bonchev–Trinajstić information content (AvgIpc) is 2.99. The second kappa shape index (κ2) is 8.20. The molecule has 2 aromatic rings. The fourth-order valence-electron chi connectivity index (χ4n) is 2.78. The van der Waals surface area contributed by atoms with Crippen molar-refractivity contribution in [1.82, 2.24) is 10.6 Å². The van der Waals surface area contributed by atoms with Crippen LogP contribution in [0.5, 0.6) is 0 Å². The van der Waals surface area contributed by atoms with Crippen molar-refractivity contribution < 1.29 is 19.0 Å². The van der Waals surface area contributed by atoms with Gasteiger partial charge in [0.05, 0.1) is 18.8 Å². The summed E-state index contributed by atoms with van der Waals surface area (Å²) in [6, 6.07) is 15.0. The van der Waals surface area contributed by atoms with E-state index < -0.39 is 18.0 Å². The van der Waals surface area contributed by atoms with Crippen LogP contribution in [0.3, 0.4) is 0 Å². The zero-order valence-electron chi connectivity index (χ0n) is 13.7. The van der Waals surface area contributed by atoms with Crippen LogP contribution in [-0.4, -0.2) is 42.4 Å². The molecule has 0 aromatic heterocycles. The number of aliphatic hydroxyl groups excluding tert-OH is 1. The maximum Gasteiger partial charge on any atom is 0.251 e.